The van der Waals surface area contributed by atoms with Gasteiger partial charge in [-0.25, -0.2) is 5.53 Å². The molecular weight excluding hydrogens is 154 g/mol. The molecule has 0 amide bonds. The highest BCUT2D eigenvalue weighted by Gasteiger charge is 2.17. The lowest BCUT2D eigenvalue weighted by atomic mass is 10.1. The Kier molecular flexibility index (Phi) is 2.53. The van der Waals surface area contributed by atoms with Crippen molar-refractivity contribution in [1.82, 2.24) is 15.9 Å². The summed E-state index contributed by atoms with van der Waals surface area (Å²) in [5.74, 6) is 0. The lowest BCUT2D eigenvalue weighted by Gasteiger charge is -2.27. The number of nitrogens with one attached hydrogen (secondary N) is 2. The Morgan fingerprint density at radius 2 is 2.08 bits per heavy atom. The summed E-state index contributed by atoms with van der Waals surface area (Å²) < 4.78 is 0. The molecule has 1 fully saturated rings. The summed E-state index contributed by atoms with van der Waals surface area (Å²) in [7, 11) is 0. The van der Waals surface area contributed by atoms with Crippen LogP contribution in [-0.2, 0) is 0 Å². The lowest BCUT2D eigenvalue weighted by Crippen LogP contribution is -2.42. The number of rotatable bonds is 2. The minimum atomic E-state index is 0.156. The van der Waals surface area contributed by atoms with Gasteiger partial charge in [0.1, 0.15) is 0 Å². The van der Waals surface area contributed by atoms with Crippen LogP contribution in [0, 0.1) is 0 Å². The van der Waals surface area contributed by atoms with Gasteiger partial charge in [-0.1, -0.05) is 11.6 Å². The van der Waals surface area contributed by atoms with Crippen molar-refractivity contribution in [3.8, 4) is 0 Å². The van der Waals surface area contributed by atoms with E-state index in [0.717, 1.165) is 6.54 Å². The summed E-state index contributed by atoms with van der Waals surface area (Å²) in [6.07, 6.45) is 4.20. The Labute approximate surface area is 72.2 Å². The summed E-state index contributed by atoms with van der Waals surface area (Å²) in [6.45, 7) is 3.41. The molecule has 1 unspecified atom stereocenters. The molecule has 0 aromatic heterocycles. The molecule has 5 nitrogen and oxygen atoms in total. The predicted octanol–water partition coefficient (Wildman–Crippen LogP) is 0.273. The van der Waals surface area contributed by atoms with E-state index in [1.807, 2.05) is 0 Å². The Balaban J connectivity index is 1.73. The van der Waals surface area contributed by atoms with Gasteiger partial charge in [0.25, 0.3) is 0 Å². The maximum Gasteiger partial charge on any atom is 0.153 e. The number of hydrogen-bond donors (Lipinski definition) is 2. The minimum absolute atomic E-state index is 0.156. The molecule has 1 atom stereocenters. The Hall–Kier alpha value is -0.680. The topological polar surface area (TPSA) is 52.0 Å². The van der Waals surface area contributed by atoms with Gasteiger partial charge in [-0.15, -0.1) is 5.11 Å². The van der Waals surface area contributed by atoms with Gasteiger partial charge in [-0.05, 0) is 25.9 Å². The van der Waals surface area contributed by atoms with Crippen LogP contribution in [0.15, 0.2) is 10.3 Å². The Morgan fingerprint density at radius 1 is 1.25 bits per heavy atom. The molecule has 0 bridgehead atoms. The van der Waals surface area contributed by atoms with Crippen molar-refractivity contribution in [3.05, 3.63) is 0 Å². The first-order valence-corrected chi connectivity index (χ1v) is 4.58. The standard InChI is InChI=1S/C7H15N5/c1-2-4-12(5-3-1)6-7-8-10-11-9-7/h7H,1-6H2,(H,8,11)(H,9,10). The first kappa shape index (κ1) is 7.94. The van der Waals surface area contributed by atoms with Crippen LogP contribution in [0.5, 0.6) is 0 Å². The summed E-state index contributed by atoms with van der Waals surface area (Å²) in [6, 6.07) is 0. The maximum absolute atomic E-state index is 3.99. The molecular formula is C7H15N5. The third-order valence-corrected chi connectivity index (χ3v) is 2.36. The molecule has 2 aliphatic heterocycles. The Bertz CT molecular complexity index is 163. The highest BCUT2D eigenvalue weighted by atomic mass is 15.7. The first-order valence-electron chi connectivity index (χ1n) is 4.58. The fourth-order valence-corrected chi connectivity index (χ4v) is 1.70. The van der Waals surface area contributed by atoms with Gasteiger partial charge in [0.05, 0.1) is 0 Å². The molecule has 0 spiro atoms. The molecule has 0 aromatic carbocycles. The first-order chi connectivity index (χ1) is 5.95. The average Bonchev–Trinajstić information content (AvgIpc) is 2.59. The molecule has 2 rings (SSSR count). The fourth-order valence-electron chi connectivity index (χ4n) is 1.70. The van der Waals surface area contributed by atoms with E-state index in [1.54, 1.807) is 0 Å². The van der Waals surface area contributed by atoms with E-state index < -0.39 is 0 Å². The maximum atomic E-state index is 3.99. The summed E-state index contributed by atoms with van der Waals surface area (Å²) in [5, 5.41) is 7.66. The molecule has 2 aliphatic rings. The van der Waals surface area contributed by atoms with E-state index in [9.17, 15) is 0 Å². The van der Waals surface area contributed by atoms with Crippen LogP contribution in [-0.4, -0.2) is 30.7 Å². The van der Waals surface area contributed by atoms with Crippen LogP contribution in [0.3, 0.4) is 0 Å². The summed E-state index contributed by atoms with van der Waals surface area (Å²) in [4.78, 5) is 2.44. The molecule has 12 heavy (non-hydrogen) atoms. The number of hydrogen-bond acceptors (Lipinski definition) is 5. The zero-order valence-corrected chi connectivity index (χ0v) is 7.16. The van der Waals surface area contributed by atoms with Crippen molar-refractivity contribution in [2.45, 2.75) is 25.4 Å². The largest absolute Gasteiger partial charge is 0.300 e. The van der Waals surface area contributed by atoms with Crippen LogP contribution in [0.25, 0.3) is 0 Å². The van der Waals surface area contributed by atoms with Crippen molar-refractivity contribution in [2.75, 3.05) is 19.6 Å². The van der Waals surface area contributed by atoms with Gasteiger partial charge in [0.2, 0.25) is 0 Å². The van der Waals surface area contributed by atoms with Gasteiger partial charge in [0, 0.05) is 6.54 Å². The van der Waals surface area contributed by atoms with E-state index in [-0.39, 0.29) is 6.17 Å². The second-order valence-corrected chi connectivity index (χ2v) is 3.35. The normalized spacial score (nSPS) is 30.5. The van der Waals surface area contributed by atoms with Gasteiger partial charge < -0.3 is 0 Å². The highest BCUT2D eigenvalue weighted by molar-refractivity contribution is 4.71. The Morgan fingerprint density at radius 3 is 2.75 bits per heavy atom. The lowest BCUT2D eigenvalue weighted by molar-refractivity contribution is 0.208. The molecule has 5 heteroatoms. The molecule has 2 heterocycles. The quantitative estimate of drug-likeness (QED) is 0.624. The fraction of sp³-hybridized carbons (Fsp3) is 1.00. The third kappa shape index (κ3) is 1.92. The van der Waals surface area contributed by atoms with Crippen molar-refractivity contribution < 1.29 is 0 Å². The zero-order chi connectivity index (χ0) is 8.23. The van der Waals surface area contributed by atoms with Crippen molar-refractivity contribution in [2.24, 2.45) is 10.3 Å². The SMILES string of the molecule is C1CCN(CC2N=NNN2)CC1. The van der Waals surface area contributed by atoms with Crippen molar-refractivity contribution in [1.29, 1.82) is 0 Å². The smallest absolute Gasteiger partial charge is 0.153 e. The van der Waals surface area contributed by atoms with Crippen molar-refractivity contribution in [3.63, 3.8) is 0 Å². The number of hydrazine groups is 1. The van der Waals surface area contributed by atoms with Gasteiger partial charge in [-0.2, -0.15) is 5.43 Å². The second-order valence-electron chi connectivity index (χ2n) is 3.35. The molecule has 0 radical (unpaired) electrons. The van der Waals surface area contributed by atoms with Gasteiger partial charge in [-0.3, -0.25) is 4.90 Å². The van der Waals surface area contributed by atoms with E-state index in [2.05, 4.69) is 26.2 Å². The van der Waals surface area contributed by atoms with E-state index in [1.165, 1.54) is 32.4 Å². The predicted molar refractivity (Wildman–Crippen MR) is 45.2 cm³/mol. The number of likely N-dealkylation sites (tertiary alicyclic amines) is 1. The highest BCUT2D eigenvalue weighted by Crippen LogP contribution is 2.09. The molecule has 0 aromatic rings. The van der Waals surface area contributed by atoms with E-state index in [0.29, 0.717) is 0 Å². The van der Waals surface area contributed by atoms with Gasteiger partial charge in [0.15, 0.2) is 6.17 Å². The average molecular weight is 169 g/mol. The molecule has 2 N–H and O–H groups in total. The number of nitrogens with zero attached hydrogens (tertiary/aromatic N) is 3. The van der Waals surface area contributed by atoms with E-state index in [4.69, 9.17) is 0 Å². The molecule has 68 valence electrons. The van der Waals surface area contributed by atoms with Crippen LogP contribution in [0.4, 0.5) is 0 Å². The monoisotopic (exact) mass is 169 g/mol. The van der Waals surface area contributed by atoms with Crippen LogP contribution >= 0.6 is 0 Å². The van der Waals surface area contributed by atoms with E-state index >= 15 is 0 Å². The molecule has 1 saturated heterocycles. The molecule has 0 aliphatic carbocycles. The minimum Gasteiger partial charge on any atom is -0.300 e. The summed E-state index contributed by atoms with van der Waals surface area (Å²) >= 11 is 0. The second kappa shape index (κ2) is 3.82. The van der Waals surface area contributed by atoms with Crippen molar-refractivity contribution >= 4 is 0 Å². The van der Waals surface area contributed by atoms with Crippen LogP contribution in [0.2, 0.25) is 0 Å². The van der Waals surface area contributed by atoms with Crippen LogP contribution in [0.1, 0.15) is 19.3 Å². The third-order valence-electron chi connectivity index (χ3n) is 2.36. The summed E-state index contributed by atoms with van der Waals surface area (Å²) in [5.41, 5.74) is 5.62. The number of piperidine rings is 1. The zero-order valence-electron chi connectivity index (χ0n) is 7.16. The molecule has 0 saturated carbocycles. The van der Waals surface area contributed by atoms with Crippen LogP contribution < -0.4 is 11.0 Å². The van der Waals surface area contributed by atoms with Gasteiger partial charge >= 0.3 is 0 Å².